The third-order valence-corrected chi connectivity index (χ3v) is 3.69. The summed E-state index contributed by atoms with van der Waals surface area (Å²) in [6.45, 7) is 8.67. The summed E-state index contributed by atoms with van der Waals surface area (Å²) in [6.07, 6.45) is 7.06. The van der Waals surface area contributed by atoms with E-state index in [-0.39, 0.29) is 5.60 Å². The summed E-state index contributed by atoms with van der Waals surface area (Å²) < 4.78 is 5.88. The average Bonchev–Trinajstić information content (AvgIpc) is 2.53. The lowest BCUT2D eigenvalue weighted by Crippen LogP contribution is -2.55. The molecule has 1 atom stereocenters. The van der Waals surface area contributed by atoms with Crippen LogP contribution in [0.4, 0.5) is 0 Å². The highest BCUT2D eigenvalue weighted by Crippen LogP contribution is 2.31. The maximum atomic E-state index is 5.88. The maximum Gasteiger partial charge on any atom is 0.0629 e. The molecular weight excluding hydrogens is 186 g/mol. The van der Waals surface area contributed by atoms with Crippen LogP contribution in [0.15, 0.2) is 0 Å². The van der Waals surface area contributed by atoms with Crippen molar-refractivity contribution in [3.63, 3.8) is 0 Å². The van der Waals surface area contributed by atoms with E-state index in [0.29, 0.717) is 6.04 Å². The lowest BCUT2D eigenvalue weighted by molar-refractivity contribution is -0.0728. The van der Waals surface area contributed by atoms with Gasteiger partial charge in [-0.1, -0.05) is 12.8 Å². The van der Waals surface area contributed by atoms with Crippen molar-refractivity contribution in [1.29, 1.82) is 0 Å². The first-order valence-electron chi connectivity index (χ1n) is 6.46. The highest BCUT2D eigenvalue weighted by Gasteiger charge is 2.35. The molecule has 2 aliphatic rings. The summed E-state index contributed by atoms with van der Waals surface area (Å²) in [5.41, 5.74) is 0.0247. The third-order valence-electron chi connectivity index (χ3n) is 3.69. The third kappa shape index (κ3) is 2.94. The van der Waals surface area contributed by atoms with E-state index in [1.165, 1.54) is 38.6 Å². The maximum absolute atomic E-state index is 5.88. The van der Waals surface area contributed by atoms with E-state index in [0.717, 1.165) is 12.6 Å². The smallest absolute Gasteiger partial charge is 0.0629 e. The molecule has 15 heavy (non-hydrogen) atoms. The van der Waals surface area contributed by atoms with Gasteiger partial charge in [-0.25, -0.2) is 0 Å². The van der Waals surface area contributed by atoms with Crippen LogP contribution in [0.1, 0.15) is 52.9 Å². The Morgan fingerprint density at radius 1 is 1.13 bits per heavy atom. The number of hydrogen-bond donors (Lipinski definition) is 0. The number of ether oxygens (including phenoxy) is 1. The van der Waals surface area contributed by atoms with Gasteiger partial charge in [-0.3, -0.25) is 4.90 Å². The predicted octanol–water partition coefficient (Wildman–Crippen LogP) is 2.82. The van der Waals surface area contributed by atoms with Crippen molar-refractivity contribution in [1.82, 2.24) is 4.90 Å². The van der Waals surface area contributed by atoms with Gasteiger partial charge in [0.1, 0.15) is 0 Å². The van der Waals surface area contributed by atoms with Crippen molar-refractivity contribution in [3.8, 4) is 0 Å². The molecule has 2 nitrogen and oxygen atoms in total. The van der Waals surface area contributed by atoms with Gasteiger partial charge in [-0.05, 0) is 40.0 Å². The van der Waals surface area contributed by atoms with Gasteiger partial charge >= 0.3 is 0 Å². The van der Waals surface area contributed by atoms with E-state index >= 15 is 0 Å². The molecule has 0 radical (unpaired) electrons. The molecule has 0 N–H and O–H groups in total. The molecule has 0 bridgehead atoms. The van der Waals surface area contributed by atoms with Crippen molar-refractivity contribution in [3.05, 3.63) is 0 Å². The van der Waals surface area contributed by atoms with Gasteiger partial charge < -0.3 is 4.74 Å². The Morgan fingerprint density at radius 3 is 2.27 bits per heavy atom. The van der Waals surface area contributed by atoms with E-state index < -0.39 is 0 Å². The monoisotopic (exact) mass is 211 g/mol. The molecule has 1 aliphatic carbocycles. The fourth-order valence-corrected chi connectivity index (χ4v) is 2.70. The molecule has 1 unspecified atom stereocenters. The Kier molecular flexibility index (Phi) is 3.36. The first kappa shape index (κ1) is 11.4. The summed E-state index contributed by atoms with van der Waals surface area (Å²) in [6, 6.07) is 1.60. The standard InChI is InChI=1S/C13H25NO/c1-13(2,3)15-10-12-8-9-14(12)11-6-4-5-7-11/h11-12H,4-10H2,1-3H3. The second kappa shape index (κ2) is 4.42. The topological polar surface area (TPSA) is 12.5 Å². The van der Waals surface area contributed by atoms with Gasteiger partial charge in [0.15, 0.2) is 0 Å². The molecule has 1 aliphatic heterocycles. The SMILES string of the molecule is CC(C)(C)OCC1CCN1C1CCCC1. The van der Waals surface area contributed by atoms with Crippen LogP contribution < -0.4 is 0 Å². The first-order chi connectivity index (χ1) is 7.06. The molecule has 1 saturated heterocycles. The normalized spacial score (nSPS) is 29.4. The molecule has 88 valence electrons. The molecule has 1 heterocycles. The summed E-state index contributed by atoms with van der Waals surface area (Å²) >= 11 is 0. The molecule has 1 saturated carbocycles. The van der Waals surface area contributed by atoms with Crippen LogP contribution in [0.5, 0.6) is 0 Å². The second-order valence-electron chi connectivity index (χ2n) is 6.04. The lowest BCUT2D eigenvalue weighted by Gasteiger charge is -2.45. The van der Waals surface area contributed by atoms with Crippen molar-refractivity contribution in [2.24, 2.45) is 0 Å². The van der Waals surface area contributed by atoms with E-state index in [1.54, 1.807) is 0 Å². The zero-order valence-electron chi connectivity index (χ0n) is 10.5. The predicted molar refractivity (Wildman–Crippen MR) is 63.1 cm³/mol. The molecule has 2 heteroatoms. The zero-order chi connectivity index (χ0) is 10.9. The fraction of sp³-hybridized carbons (Fsp3) is 1.00. The summed E-state index contributed by atoms with van der Waals surface area (Å²) in [7, 11) is 0. The Bertz CT molecular complexity index is 203. The van der Waals surface area contributed by atoms with Gasteiger partial charge in [0.05, 0.1) is 12.2 Å². The molecule has 0 aromatic heterocycles. The van der Waals surface area contributed by atoms with Gasteiger partial charge in [-0.15, -0.1) is 0 Å². The van der Waals surface area contributed by atoms with E-state index in [2.05, 4.69) is 25.7 Å². The Labute approximate surface area is 94.0 Å². The number of nitrogens with zero attached hydrogens (tertiary/aromatic N) is 1. The second-order valence-corrected chi connectivity index (χ2v) is 6.04. The van der Waals surface area contributed by atoms with E-state index in [9.17, 15) is 0 Å². The zero-order valence-corrected chi connectivity index (χ0v) is 10.5. The van der Waals surface area contributed by atoms with Gasteiger partial charge in [0.25, 0.3) is 0 Å². The van der Waals surface area contributed by atoms with Crippen molar-refractivity contribution in [2.75, 3.05) is 13.2 Å². The average molecular weight is 211 g/mol. The highest BCUT2D eigenvalue weighted by atomic mass is 16.5. The van der Waals surface area contributed by atoms with Gasteiger partial charge in [0, 0.05) is 18.6 Å². The summed E-state index contributed by atoms with van der Waals surface area (Å²) in [4.78, 5) is 2.68. The molecule has 0 amide bonds. The minimum absolute atomic E-state index is 0.0247. The van der Waals surface area contributed by atoms with Gasteiger partial charge in [-0.2, -0.15) is 0 Å². The van der Waals surface area contributed by atoms with Crippen LogP contribution in [0.3, 0.4) is 0 Å². The van der Waals surface area contributed by atoms with E-state index in [1.807, 2.05) is 0 Å². The molecule has 0 aromatic carbocycles. The first-order valence-corrected chi connectivity index (χ1v) is 6.46. The van der Waals surface area contributed by atoms with Crippen molar-refractivity contribution >= 4 is 0 Å². The van der Waals surface area contributed by atoms with Crippen LogP contribution in [-0.2, 0) is 4.74 Å². The fourth-order valence-electron chi connectivity index (χ4n) is 2.70. The highest BCUT2D eigenvalue weighted by molar-refractivity contribution is 4.90. The van der Waals surface area contributed by atoms with E-state index in [4.69, 9.17) is 4.74 Å². The molecular formula is C13H25NO. The molecule has 2 rings (SSSR count). The number of hydrogen-bond acceptors (Lipinski definition) is 2. The van der Waals surface area contributed by atoms with Crippen molar-refractivity contribution in [2.45, 2.75) is 70.6 Å². The van der Waals surface area contributed by atoms with Crippen LogP contribution in [0.2, 0.25) is 0 Å². The van der Waals surface area contributed by atoms with Gasteiger partial charge in [0.2, 0.25) is 0 Å². The van der Waals surface area contributed by atoms with Crippen LogP contribution in [0.25, 0.3) is 0 Å². The largest absolute Gasteiger partial charge is 0.374 e. The quantitative estimate of drug-likeness (QED) is 0.712. The van der Waals surface area contributed by atoms with Crippen LogP contribution >= 0.6 is 0 Å². The Morgan fingerprint density at radius 2 is 1.80 bits per heavy atom. The summed E-state index contributed by atoms with van der Waals surface area (Å²) in [5.74, 6) is 0. The molecule has 0 aromatic rings. The Hall–Kier alpha value is -0.0800. The summed E-state index contributed by atoms with van der Waals surface area (Å²) in [5, 5.41) is 0. The lowest BCUT2D eigenvalue weighted by atomic mass is 9.99. The van der Waals surface area contributed by atoms with Crippen LogP contribution in [0, 0.1) is 0 Å². The Balaban J connectivity index is 1.74. The minimum Gasteiger partial charge on any atom is -0.374 e. The van der Waals surface area contributed by atoms with Crippen molar-refractivity contribution < 1.29 is 4.74 Å². The van der Waals surface area contributed by atoms with Crippen LogP contribution in [-0.4, -0.2) is 35.7 Å². The molecule has 0 spiro atoms. The molecule has 2 fully saturated rings. The number of rotatable bonds is 3. The minimum atomic E-state index is 0.0247. The number of likely N-dealkylation sites (tertiary alicyclic amines) is 1.